The second-order valence-corrected chi connectivity index (χ2v) is 9.96. The standard InChI is InChI=1S/C27H33ClN2O6/c1-4-14-29(19-11-8-7-10-18(19)28)24(33)22-27-13-12-26(6-3,36-27)21(25(34)35-17-5-2)20(27)23(32)30(22)15-9-16-31/h4-5,7-8,10-11,20-22,31H,1-2,6,9,12-17H2,3H3/t20-,21-,22?,26+,27?/m0/s1. The fraction of sp³-hybridized carbons (Fsp3) is 0.519. The Morgan fingerprint density at radius 1 is 1.31 bits per heavy atom. The third-order valence-corrected chi connectivity index (χ3v) is 8.11. The Balaban J connectivity index is 1.81. The number of hydrogen-bond acceptors (Lipinski definition) is 6. The van der Waals surface area contributed by atoms with Gasteiger partial charge in [0.2, 0.25) is 5.91 Å². The van der Waals surface area contributed by atoms with E-state index >= 15 is 0 Å². The Morgan fingerprint density at radius 2 is 2.06 bits per heavy atom. The number of amides is 2. The summed E-state index contributed by atoms with van der Waals surface area (Å²) in [4.78, 5) is 44.5. The number of aliphatic hydroxyl groups is 1. The molecule has 36 heavy (non-hydrogen) atoms. The van der Waals surface area contributed by atoms with E-state index in [1.807, 2.05) is 6.92 Å². The van der Waals surface area contributed by atoms with E-state index in [2.05, 4.69) is 13.2 Å². The van der Waals surface area contributed by atoms with Crippen LogP contribution in [-0.2, 0) is 23.9 Å². The maximum atomic E-state index is 14.3. The topological polar surface area (TPSA) is 96.4 Å². The summed E-state index contributed by atoms with van der Waals surface area (Å²) < 4.78 is 12.1. The average Bonchev–Trinajstić information content (AvgIpc) is 3.48. The van der Waals surface area contributed by atoms with Gasteiger partial charge < -0.3 is 24.4 Å². The summed E-state index contributed by atoms with van der Waals surface area (Å²) in [6, 6.07) is 6.01. The predicted molar refractivity (Wildman–Crippen MR) is 135 cm³/mol. The molecule has 0 radical (unpaired) electrons. The van der Waals surface area contributed by atoms with E-state index in [1.165, 1.54) is 15.9 Å². The quantitative estimate of drug-likeness (QED) is 0.358. The molecule has 0 aliphatic carbocycles. The molecule has 2 amide bonds. The number of rotatable bonds is 11. The first-order chi connectivity index (χ1) is 17.3. The van der Waals surface area contributed by atoms with E-state index < -0.39 is 35.0 Å². The average molecular weight is 517 g/mol. The fourth-order valence-electron chi connectivity index (χ4n) is 6.32. The summed E-state index contributed by atoms with van der Waals surface area (Å²) in [5, 5.41) is 9.91. The van der Waals surface area contributed by atoms with Crippen LogP contribution in [0.2, 0.25) is 5.02 Å². The molecule has 3 fully saturated rings. The van der Waals surface area contributed by atoms with Gasteiger partial charge in [-0.2, -0.15) is 0 Å². The van der Waals surface area contributed by atoms with Crippen LogP contribution in [-0.4, -0.2) is 71.3 Å². The summed E-state index contributed by atoms with van der Waals surface area (Å²) in [7, 11) is 0. The van der Waals surface area contributed by atoms with Gasteiger partial charge in [-0.15, -0.1) is 6.58 Å². The second-order valence-electron chi connectivity index (χ2n) is 9.55. The molecule has 194 valence electrons. The summed E-state index contributed by atoms with van der Waals surface area (Å²) >= 11 is 6.46. The smallest absolute Gasteiger partial charge is 0.313 e. The van der Waals surface area contributed by atoms with E-state index in [9.17, 15) is 19.5 Å². The summed E-state index contributed by atoms with van der Waals surface area (Å²) in [6.07, 6.45) is 4.86. The van der Waals surface area contributed by atoms with Crippen LogP contribution in [0.25, 0.3) is 0 Å². The van der Waals surface area contributed by atoms with E-state index in [0.29, 0.717) is 30.0 Å². The van der Waals surface area contributed by atoms with Crippen LogP contribution in [0.1, 0.15) is 32.6 Å². The van der Waals surface area contributed by atoms with Crippen molar-refractivity contribution >= 4 is 35.1 Å². The third-order valence-electron chi connectivity index (χ3n) is 7.79. The number of likely N-dealkylation sites (tertiary alicyclic amines) is 1. The summed E-state index contributed by atoms with van der Waals surface area (Å²) in [5.41, 5.74) is -1.57. The number of carbonyl (C=O) groups excluding carboxylic acids is 3. The van der Waals surface area contributed by atoms with Gasteiger partial charge in [0, 0.05) is 19.7 Å². The molecule has 5 atom stereocenters. The molecule has 9 heteroatoms. The number of para-hydroxylation sites is 1. The van der Waals surface area contributed by atoms with Gasteiger partial charge in [0.1, 0.15) is 24.2 Å². The largest absolute Gasteiger partial charge is 0.461 e. The lowest BCUT2D eigenvalue weighted by atomic mass is 9.65. The van der Waals surface area contributed by atoms with Crippen molar-refractivity contribution in [2.24, 2.45) is 11.8 Å². The summed E-state index contributed by atoms with van der Waals surface area (Å²) in [5.74, 6) is -2.88. The van der Waals surface area contributed by atoms with Crippen LogP contribution in [0.4, 0.5) is 5.69 Å². The van der Waals surface area contributed by atoms with E-state index in [1.54, 1.807) is 30.3 Å². The van der Waals surface area contributed by atoms with Gasteiger partial charge in [-0.05, 0) is 37.8 Å². The zero-order valence-corrected chi connectivity index (χ0v) is 21.3. The van der Waals surface area contributed by atoms with Gasteiger partial charge in [-0.25, -0.2) is 0 Å². The van der Waals surface area contributed by atoms with Crippen molar-refractivity contribution in [1.29, 1.82) is 0 Å². The minimum absolute atomic E-state index is 0.0270. The first-order valence-corrected chi connectivity index (χ1v) is 12.8. The highest BCUT2D eigenvalue weighted by Gasteiger charge is 2.79. The zero-order chi connectivity index (χ0) is 26.1. The van der Waals surface area contributed by atoms with Crippen LogP contribution in [0.5, 0.6) is 0 Å². The number of carbonyl (C=O) groups is 3. The molecule has 4 rings (SSSR count). The molecule has 1 aromatic carbocycles. The molecule has 3 saturated heterocycles. The highest BCUT2D eigenvalue weighted by atomic mass is 35.5. The molecule has 3 aliphatic heterocycles. The Labute approximate surface area is 216 Å². The lowest BCUT2D eigenvalue weighted by Gasteiger charge is -2.37. The predicted octanol–water partition coefficient (Wildman–Crippen LogP) is 3.13. The molecular weight excluding hydrogens is 484 g/mol. The molecule has 1 spiro atoms. The van der Waals surface area contributed by atoms with E-state index in [4.69, 9.17) is 21.1 Å². The number of anilines is 1. The van der Waals surface area contributed by atoms with Crippen molar-refractivity contribution in [3.05, 3.63) is 54.6 Å². The van der Waals surface area contributed by atoms with Gasteiger partial charge in [-0.1, -0.05) is 49.4 Å². The molecule has 3 heterocycles. The minimum atomic E-state index is -1.18. The molecule has 8 nitrogen and oxygen atoms in total. The molecule has 3 aliphatic rings. The number of esters is 1. The second kappa shape index (κ2) is 10.4. The van der Waals surface area contributed by atoms with Gasteiger partial charge in [0.05, 0.1) is 22.2 Å². The van der Waals surface area contributed by atoms with Gasteiger partial charge in [0.15, 0.2) is 0 Å². The van der Waals surface area contributed by atoms with Crippen LogP contribution >= 0.6 is 11.6 Å². The number of ether oxygens (including phenoxy) is 2. The maximum absolute atomic E-state index is 14.3. The first kappa shape index (κ1) is 26.4. The number of halogens is 1. The molecule has 1 aromatic rings. The Kier molecular flexibility index (Phi) is 7.59. The number of nitrogens with zero attached hydrogens (tertiary/aromatic N) is 2. The molecule has 1 N–H and O–H groups in total. The highest BCUT2D eigenvalue weighted by molar-refractivity contribution is 6.34. The van der Waals surface area contributed by atoms with Crippen LogP contribution in [0.15, 0.2) is 49.6 Å². The Morgan fingerprint density at radius 3 is 2.69 bits per heavy atom. The fourth-order valence-corrected chi connectivity index (χ4v) is 6.56. The monoisotopic (exact) mass is 516 g/mol. The molecule has 2 unspecified atom stereocenters. The van der Waals surface area contributed by atoms with Crippen molar-refractivity contribution in [1.82, 2.24) is 4.90 Å². The van der Waals surface area contributed by atoms with Crippen molar-refractivity contribution in [3.8, 4) is 0 Å². The SMILES string of the molecule is C=CCOC(=O)[C@@H]1[C@H]2C(=O)N(CCCO)C(C(=O)N(CC=C)c3ccccc3Cl)C23CC[C@@]1(CC)O3. The third kappa shape index (κ3) is 3.96. The lowest BCUT2D eigenvalue weighted by Crippen LogP contribution is -2.56. The van der Waals surface area contributed by atoms with E-state index in [0.717, 1.165) is 0 Å². The van der Waals surface area contributed by atoms with Gasteiger partial charge in [0.25, 0.3) is 5.91 Å². The van der Waals surface area contributed by atoms with Gasteiger partial charge >= 0.3 is 5.97 Å². The minimum Gasteiger partial charge on any atom is -0.461 e. The van der Waals surface area contributed by atoms with Crippen molar-refractivity contribution in [2.75, 3.05) is 31.2 Å². The Bertz CT molecular complexity index is 1060. The normalized spacial score (nSPS) is 30.2. The Hall–Kier alpha value is -2.68. The first-order valence-electron chi connectivity index (χ1n) is 12.4. The molecule has 2 bridgehead atoms. The van der Waals surface area contributed by atoms with Crippen LogP contribution in [0, 0.1) is 11.8 Å². The van der Waals surface area contributed by atoms with E-state index in [-0.39, 0.29) is 44.5 Å². The molecular formula is C27H33ClN2O6. The maximum Gasteiger partial charge on any atom is 0.313 e. The number of hydrogen-bond donors (Lipinski definition) is 1. The molecule has 0 aromatic heterocycles. The zero-order valence-electron chi connectivity index (χ0n) is 20.5. The van der Waals surface area contributed by atoms with Crippen molar-refractivity contribution in [3.63, 3.8) is 0 Å². The lowest BCUT2D eigenvalue weighted by molar-refractivity contribution is -0.159. The number of aliphatic hydroxyl groups excluding tert-OH is 1. The highest BCUT2D eigenvalue weighted by Crippen LogP contribution is 2.64. The summed E-state index contributed by atoms with van der Waals surface area (Å²) in [6.45, 7) is 9.54. The van der Waals surface area contributed by atoms with Crippen LogP contribution < -0.4 is 4.90 Å². The number of fused-ring (bicyclic) bond motifs is 1. The van der Waals surface area contributed by atoms with Crippen molar-refractivity contribution < 1.29 is 29.0 Å². The van der Waals surface area contributed by atoms with Crippen LogP contribution in [0.3, 0.4) is 0 Å². The molecule has 0 saturated carbocycles. The number of benzene rings is 1. The van der Waals surface area contributed by atoms with Crippen molar-refractivity contribution in [2.45, 2.75) is 49.9 Å². The van der Waals surface area contributed by atoms with Gasteiger partial charge in [-0.3, -0.25) is 14.4 Å².